The summed E-state index contributed by atoms with van der Waals surface area (Å²) >= 11 is 5.98. The molecule has 106 valence electrons. The highest BCUT2D eigenvalue weighted by Crippen LogP contribution is 2.27. The molecular weight excluding hydrogens is 286 g/mol. The Morgan fingerprint density at radius 1 is 1.05 bits per heavy atom. The van der Waals surface area contributed by atoms with E-state index in [4.69, 9.17) is 16.0 Å². The minimum Gasteiger partial charge on any atom is -0.403 e. The molecule has 3 nitrogen and oxygen atoms in total. The Balaban J connectivity index is 2.34. The van der Waals surface area contributed by atoms with Crippen molar-refractivity contribution in [3.63, 3.8) is 0 Å². The van der Waals surface area contributed by atoms with Gasteiger partial charge in [-0.1, -0.05) is 29.3 Å². The average molecular weight is 300 g/mol. The lowest BCUT2D eigenvalue weighted by Crippen LogP contribution is -2.04. The molecule has 0 aliphatic rings. The number of hydrogen-bond donors (Lipinski definition) is 0. The van der Waals surface area contributed by atoms with E-state index in [0.29, 0.717) is 21.8 Å². The SMILES string of the molecule is Cc1cc(C)c(-c2nc3cc(Cl)ccc3c(=O)o2)c(C)c1. The van der Waals surface area contributed by atoms with E-state index in [-0.39, 0.29) is 0 Å². The van der Waals surface area contributed by atoms with E-state index < -0.39 is 5.63 Å². The highest BCUT2D eigenvalue weighted by Gasteiger charge is 2.13. The van der Waals surface area contributed by atoms with E-state index in [1.54, 1.807) is 18.2 Å². The summed E-state index contributed by atoms with van der Waals surface area (Å²) in [7, 11) is 0. The summed E-state index contributed by atoms with van der Waals surface area (Å²) in [5.41, 5.74) is 4.24. The van der Waals surface area contributed by atoms with E-state index in [0.717, 1.165) is 16.7 Å². The molecule has 2 aromatic carbocycles. The van der Waals surface area contributed by atoms with Gasteiger partial charge in [0.05, 0.1) is 10.9 Å². The van der Waals surface area contributed by atoms with Crippen LogP contribution in [0.3, 0.4) is 0 Å². The maximum Gasteiger partial charge on any atom is 0.347 e. The van der Waals surface area contributed by atoms with Crippen LogP contribution < -0.4 is 5.63 Å². The molecule has 0 N–H and O–H groups in total. The Kier molecular flexibility index (Phi) is 3.30. The molecule has 0 radical (unpaired) electrons. The zero-order valence-corrected chi connectivity index (χ0v) is 12.8. The lowest BCUT2D eigenvalue weighted by atomic mass is 10.00. The molecule has 0 unspecified atom stereocenters. The van der Waals surface area contributed by atoms with Crippen molar-refractivity contribution in [2.75, 3.05) is 0 Å². The Labute approximate surface area is 127 Å². The van der Waals surface area contributed by atoms with E-state index >= 15 is 0 Å². The summed E-state index contributed by atoms with van der Waals surface area (Å²) in [5, 5.41) is 0.981. The highest BCUT2D eigenvalue weighted by molar-refractivity contribution is 6.31. The first-order valence-corrected chi connectivity index (χ1v) is 7.02. The lowest BCUT2D eigenvalue weighted by Gasteiger charge is -2.10. The van der Waals surface area contributed by atoms with Gasteiger partial charge in [-0.05, 0) is 50.1 Å². The molecule has 0 aliphatic heterocycles. The Morgan fingerprint density at radius 2 is 1.71 bits per heavy atom. The van der Waals surface area contributed by atoms with Gasteiger partial charge in [0.25, 0.3) is 0 Å². The van der Waals surface area contributed by atoms with Crippen molar-refractivity contribution in [1.82, 2.24) is 4.98 Å². The van der Waals surface area contributed by atoms with Gasteiger partial charge in [-0.15, -0.1) is 0 Å². The Morgan fingerprint density at radius 3 is 2.38 bits per heavy atom. The second-order valence-electron chi connectivity index (χ2n) is 5.24. The molecule has 1 heterocycles. The third-order valence-electron chi connectivity index (χ3n) is 3.48. The normalized spacial score (nSPS) is 11.0. The molecule has 4 heteroatoms. The van der Waals surface area contributed by atoms with Gasteiger partial charge in [0, 0.05) is 10.6 Å². The Hall–Kier alpha value is -2.13. The number of aryl methyl sites for hydroxylation is 3. The fraction of sp³-hybridized carbons (Fsp3) is 0.176. The van der Waals surface area contributed by atoms with Crippen LogP contribution in [0.2, 0.25) is 5.02 Å². The molecule has 3 aromatic rings. The Bertz CT molecular complexity index is 889. The summed E-state index contributed by atoms with van der Waals surface area (Å²) in [6.45, 7) is 6.01. The topological polar surface area (TPSA) is 43.1 Å². The van der Waals surface area contributed by atoms with Gasteiger partial charge >= 0.3 is 5.63 Å². The van der Waals surface area contributed by atoms with Crippen molar-refractivity contribution in [1.29, 1.82) is 0 Å². The molecule has 0 atom stereocenters. The van der Waals surface area contributed by atoms with Crippen LogP contribution >= 0.6 is 11.6 Å². The van der Waals surface area contributed by atoms with E-state index in [1.807, 2.05) is 32.9 Å². The van der Waals surface area contributed by atoms with Crippen LogP contribution in [0, 0.1) is 20.8 Å². The maximum absolute atomic E-state index is 12.1. The molecule has 3 rings (SSSR count). The van der Waals surface area contributed by atoms with Crippen LogP contribution in [-0.4, -0.2) is 4.98 Å². The fourth-order valence-electron chi connectivity index (χ4n) is 2.67. The number of benzene rings is 2. The van der Waals surface area contributed by atoms with Gasteiger partial charge in [0.15, 0.2) is 0 Å². The van der Waals surface area contributed by atoms with E-state index in [1.165, 1.54) is 5.56 Å². The largest absolute Gasteiger partial charge is 0.403 e. The van der Waals surface area contributed by atoms with Gasteiger partial charge in [-0.3, -0.25) is 0 Å². The van der Waals surface area contributed by atoms with Crippen molar-refractivity contribution in [3.05, 3.63) is 62.5 Å². The lowest BCUT2D eigenvalue weighted by molar-refractivity contribution is 0.517. The van der Waals surface area contributed by atoms with E-state index in [2.05, 4.69) is 4.98 Å². The standard InChI is InChI=1S/C17H14ClNO2/c1-9-6-10(2)15(11(3)7-9)16-19-14-8-12(18)4-5-13(14)17(20)21-16/h4-8H,1-3H3. The van der Waals surface area contributed by atoms with Gasteiger partial charge in [-0.2, -0.15) is 0 Å². The van der Waals surface area contributed by atoms with Crippen molar-refractivity contribution in [2.45, 2.75) is 20.8 Å². The predicted octanol–water partition coefficient (Wildman–Crippen LogP) is 4.43. The van der Waals surface area contributed by atoms with Crippen LogP contribution in [0.15, 0.2) is 39.5 Å². The highest BCUT2D eigenvalue weighted by atomic mass is 35.5. The first-order chi connectivity index (χ1) is 9.95. The second kappa shape index (κ2) is 5.01. The van der Waals surface area contributed by atoms with Crippen molar-refractivity contribution >= 4 is 22.5 Å². The van der Waals surface area contributed by atoms with Gasteiger partial charge in [0.2, 0.25) is 5.89 Å². The molecule has 0 aliphatic carbocycles. The third-order valence-corrected chi connectivity index (χ3v) is 3.72. The zero-order chi connectivity index (χ0) is 15.1. The van der Waals surface area contributed by atoms with Gasteiger partial charge < -0.3 is 4.42 Å². The molecule has 0 fully saturated rings. The first-order valence-electron chi connectivity index (χ1n) is 6.64. The monoisotopic (exact) mass is 299 g/mol. The first kappa shape index (κ1) is 13.8. The van der Waals surface area contributed by atoms with Crippen LogP contribution in [0.4, 0.5) is 0 Å². The average Bonchev–Trinajstić information content (AvgIpc) is 2.36. The van der Waals surface area contributed by atoms with Crippen molar-refractivity contribution in [2.24, 2.45) is 0 Å². The zero-order valence-electron chi connectivity index (χ0n) is 12.0. The molecular formula is C17H14ClNO2. The summed E-state index contributed by atoms with van der Waals surface area (Å²) in [5.74, 6) is 0.338. The molecule has 0 spiro atoms. The molecule has 0 bridgehead atoms. The number of nitrogens with zero attached hydrogens (tertiary/aromatic N) is 1. The summed E-state index contributed by atoms with van der Waals surface area (Å²) in [6, 6.07) is 9.06. The number of halogens is 1. The number of rotatable bonds is 1. The summed E-state index contributed by atoms with van der Waals surface area (Å²) in [6.07, 6.45) is 0. The van der Waals surface area contributed by atoms with Crippen molar-refractivity contribution in [3.8, 4) is 11.5 Å². The minimum absolute atomic E-state index is 0.338. The van der Waals surface area contributed by atoms with Crippen LogP contribution in [0.25, 0.3) is 22.4 Å². The molecule has 0 saturated heterocycles. The number of fused-ring (bicyclic) bond motifs is 1. The van der Waals surface area contributed by atoms with Crippen molar-refractivity contribution < 1.29 is 4.42 Å². The maximum atomic E-state index is 12.1. The summed E-state index contributed by atoms with van der Waals surface area (Å²) in [4.78, 5) is 16.6. The number of hydrogen-bond acceptors (Lipinski definition) is 3. The molecule has 21 heavy (non-hydrogen) atoms. The van der Waals surface area contributed by atoms with Crippen LogP contribution in [-0.2, 0) is 0 Å². The number of aromatic nitrogens is 1. The smallest absolute Gasteiger partial charge is 0.347 e. The molecule has 0 saturated carbocycles. The van der Waals surface area contributed by atoms with E-state index in [9.17, 15) is 4.79 Å². The molecule has 0 amide bonds. The third kappa shape index (κ3) is 2.45. The van der Waals surface area contributed by atoms with Gasteiger partial charge in [0.1, 0.15) is 0 Å². The summed E-state index contributed by atoms with van der Waals surface area (Å²) < 4.78 is 5.41. The second-order valence-corrected chi connectivity index (χ2v) is 5.68. The quantitative estimate of drug-likeness (QED) is 0.667. The van der Waals surface area contributed by atoms with Crippen LogP contribution in [0.5, 0.6) is 0 Å². The molecule has 1 aromatic heterocycles. The predicted molar refractivity (Wildman–Crippen MR) is 84.9 cm³/mol. The fourth-order valence-corrected chi connectivity index (χ4v) is 2.84. The van der Waals surface area contributed by atoms with Gasteiger partial charge in [-0.25, -0.2) is 9.78 Å². The van der Waals surface area contributed by atoms with Crippen LogP contribution in [0.1, 0.15) is 16.7 Å². The minimum atomic E-state index is -0.397.